The second-order valence-corrected chi connectivity index (χ2v) is 4.91. The van der Waals surface area contributed by atoms with Crippen molar-refractivity contribution in [1.29, 1.82) is 0 Å². The zero-order chi connectivity index (χ0) is 10.3. The summed E-state index contributed by atoms with van der Waals surface area (Å²) in [4.78, 5) is 0. The highest BCUT2D eigenvalue weighted by Crippen LogP contribution is 2.45. The predicted molar refractivity (Wildman–Crippen MR) is 59.3 cm³/mol. The summed E-state index contributed by atoms with van der Waals surface area (Å²) in [6, 6.07) is 7.50. The average molecular weight is 205 g/mol. The number of nitrogens with one attached hydrogen (secondary N) is 1. The van der Waals surface area contributed by atoms with E-state index in [-0.39, 0.29) is 5.82 Å². The fourth-order valence-electron chi connectivity index (χ4n) is 3.20. The van der Waals surface area contributed by atoms with Crippen molar-refractivity contribution in [1.82, 2.24) is 0 Å². The molecule has 3 atom stereocenters. The SMILES string of the molecule is Fc1ccccc1N[C@H]1C[C@H]2CC[C@@H]1C2. The summed E-state index contributed by atoms with van der Waals surface area (Å²) in [6.45, 7) is 0. The van der Waals surface area contributed by atoms with Gasteiger partial charge in [-0.2, -0.15) is 0 Å². The fraction of sp³-hybridized carbons (Fsp3) is 0.538. The molecule has 0 aliphatic heterocycles. The molecule has 0 radical (unpaired) electrons. The van der Waals surface area contributed by atoms with Crippen LogP contribution in [0, 0.1) is 17.7 Å². The number of benzene rings is 1. The second-order valence-electron chi connectivity index (χ2n) is 4.91. The smallest absolute Gasteiger partial charge is 0.146 e. The molecule has 0 saturated heterocycles. The Hall–Kier alpha value is -1.05. The molecule has 0 spiro atoms. The van der Waals surface area contributed by atoms with Gasteiger partial charge in [-0.3, -0.25) is 0 Å². The first-order valence-corrected chi connectivity index (χ1v) is 5.84. The molecule has 2 aliphatic rings. The van der Waals surface area contributed by atoms with E-state index in [0.29, 0.717) is 11.7 Å². The van der Waals surface area contributed by atoms with Crippen molar-refractivity contribution < 1.29 is 4.39 Å². The van der Waals surface area contributed by atoms with Gasteiger partial charge in [-0.15, -0.1) is 0 Å². The van der Waals surface area contributed by atoms with Crippen LogP contribution in [0.5, 0.6) is 0 Å². The number of rotatable bonds is 2. The minimum Gasteiger partial charge on any atom is -0.380 e. The van der Waals surface area contributed by atoms with E-state index in [2.05, 4.69) is 5.32 Å². The zero-order valence-electron chi connectivity index (χ0n) is 8.75. The van der Waals surface area contributed by atoms with Crippen molar-refractivity contribution in [2.75, 3.05) is 5.32 Å². The maximum absolute atomic E-state index is 13.4. The minimum absolute atomic E-state index is 0.125. The van der Waals surface area contributed by atoms with Crippen molar-refractivity contribution in [2.24, 2.45) is 11.8 Å². The van der Waals surface area contributed by atoms with Crippen LogP contribution in [-0.2, 0) is 0 Å². The third kappa shape index (κ3) is 1.62. The molecule has 0 heterocycles. The predicted octanol–water partition coefficient (Wildman–Crippen LogP) is 3.43. The van der Waals surface area contributed by atoms with Gasteiger partial charge < -0.3 is 5.32 Å². The van der Waals surface area contributed by atoms with Crippen LogP contribution in [0.25, 0.3) is 0 Å². The maximum atomic E-state index is 13.4. The Morgan fingerprint density at radius 1 is 1.13 bits per heavy atom. The summed E-state index contributed by atoms with van der Waals surface area (Å²) >= 11 is 0. The molecule has 2 fully saturated rings. The van der Waals surface area contributed by atoms with Gasteiger partial charge in [0.1, 0.15) is 5.82 Å². The van der Waals surface area contributed by atoms with Crippen molar-refractivity contribution in [3.05, 3.63) is 30.1 Å². The van der Waals surface area contributed by atoms with E-state index in [0.717, 1.165) is 11.8 Å². The molecule has 2 bridgehead atoms. The molecule has 2 saturated carbocycles. The molecule has 15 heavy (non-hydrogen) atoms. The Morgan fingerprint density at radius 2 is 2.00 bits per heavy atom. The van der Waals surface area contributed by atoms with Gasteiger partial charge in [-0.25, -0.2) is 4.39 Å². The quantitative estimate of drug-likeness (QED) is 0.780. The van der Waals surface area contributed by atoms with E-state index in [1.807, 2.05) is 12.1 Å². The lowest BCUT2D eigenvalue weighted by atomic mass is 9.95. The highest BCUT2D eigenvalue weighted by Gasteiger charge is 2.39. The Labute approximate surface area is 89.7 Å². The van der Waals surface area contributed by atoms with E-state index in [1.165, 1.54) is 31.7 Å². The lowest BCUT2D eigenvalue weighted by Crippen LogP contribution is -2.26. The van der Waals surface area contributed by atoms with Crippen LogP contribution in [0.15, 0.2) is 24.3 Å². The number of fused-ring (bicyclic) bond motifs is 2. The number of para-hydroxylation sites is 1. The third-order valence-electron chi connectivity index (χ3n) is 3.95. The van der Waals surface area contributed by atoms with Gasteiger partial charge in [0.15, 0.2) is 0 Å². The topological polar surface area (TPSA) is 12.0 Å². The highest BCUT2D eigenvalue weighted by molar-refractivity contribution is 5.45. The van der Waals surface area contributed by atoms with E-state index in [1.54, 1.807) is 6.07 Å². The maximum Gasteiger partial charge on any atom is 0.146 e. The summed E-state index contributed by atoms with van der Waals surface area (Å²) in [5.41, 5.74) is 0.676. The van der Waals surface area contributed by atoms with E-state index in [4.69, 9.17) is 0 Å². The third-order valence-corrected chi connectivity index (χ3v) is 3.95. The van der Waals surface area contributed by atoms with Crippen LogP contribution in [0.1, 0.15) is 25.7 Å². The Morgan fingerprint density at radius 3 is 2.67 bits per heavy atom. The summed E-state index contributed by atoms with van der Waals surface area (Å²) in [6.07, 6.45) is 5.31. The molecule has 80 valence electrons. The first-order chi connectivity index (χ1) is 7.33. The molecule has 0 aromatic heterocycles. The molecule has 1 nitrogen and oxygen atoms in total. The molecule has 0 amide bonds. The normalized spacial score (nSPS) is 33.3. The van der Waals surface area contributed by atoms with Crippen molar-refractivity contribution in [3.8, 4) is 0 Å². The molecular formula is C13H16FN. The van der Waals surface area contributed by atoms with Gasteiger partial charge in [-0.1, -0.05) is 18.6 Å². The van der Waals surface area contributed by atoms with Crippen LogP contribution in [0.4, 0.5) is 10.1 Å². The lowest BCUT2D eigenvalue weighted by molar-refractivity contribution is 0.438. The molecule has 2 heteroatoms. The van der Waals surface area contributed by atoms with Gasteiger partial charge in [-0.05, 0) is 43.2 Å². The Bertz CT molecular complexity index is 363. The van der Waals surface area contributed by atoms with Crippen LogP contribution < -0.4 is 5.32 Å². The minimum atomic E-state index is -0.125. The summed E-state index contributed by atoms with van der Waals surface area (Å²) < 4.78 is 13.4. The summed E-state index contributed by atoms with van der Waals surface area (Å²) in [5, 5.41) is 3.37. The number of hydrogen-bond donors (Lipinski definition) is 1. The van der Waals surface area contributed by atoms with E-state index in [9.17, 15) is 4.39 Å². The van der Waals surface area contributed by atoms with Crippen LogP contribution >= 0.6 is 0 Å². The number of halogens is 1. The summed E-state index contributed by atoms with van der Waals surface area (Å²) in [7, 11) is 0. The fourth-order valence-corrected chi connectivity index (χ4v) is 3.20. The zero-order valence-corrected chi connectivity index (χ0v) is 8.75. The number of anilines is 1. The second kappa shape index (κ2) is 3.51. The van der Waals surface area contributed by atoms with Crippen LogP contribution in [-0.4, -0.2) is 6.04 Å². The van der Waals surface area contributed by atoms with Crippen molar-refractivity contribution in [3.63, 3.8) is 0 Å². The molecule has 0 unspecified atom stereocenters. The Kier molecular flexibility index (Phi) is 2.15. The molecule has 1 N–H and O–H groups in total. The van der Waals surface area contributed by atoms with Crippen LogP contribution in [0.2, 0.25) is 0 Å². The Balaban J connectivity index is 1.73. The van der Waals surface area contributed by atoms with Gasteiger partial charge in [0.05, 0.1) is 5.69 Å². The first kappa shape index (κ1) is 9.20. The van der Waals surface area contributed by atoms with Gasteiger partial charge >= 0.3 is 0 Å². The number of hydrogen-bond acceptors (Lipinski definition) is 1. The first-order valence-electron chi connectivity index (χ1n) is 5.84. The van der Waals surface area contributed by atoms with E-state index < -0.39 is 0 Å². The van der Waals surface area contributed by atoms with Gasteiger partial charge in [0, 0.05) is 6.04 Å². The molecule has 2 aliphatic carbocycles. The van der Waals surface area contributed by atoms with Gasteiger partial charge in [0.2, 0.25) is 0 Å². The molecule has 3 rings (SSSR count). The van der Waals surface area contributed by atoms with E-state index >= 15 is 0 Å². The van der Waals surface area contributed by atoms with Crippen molar-refractivity contribution in [2.45, 2.75) is 31.7 Å². The highest BCUT2D eigenvalue weighted by atomic mass is 19.1. The lowest BCUT2D eigenvalue weighted by Gasteiger charge is -2.24. The largest absolute Gasteiger partial charge is 0.380 e. The van der Waals surface area contributed by atoms with Crippen LogP contribution in [0.3, 0.4) is 0 Å². The molecular weight excluding hydrogens is 189 g/mol. The molecule has 1 aromatic rings. The molecule has 1 aromatic carbocycles. The monoisotopic (exact) mass is 205 g/mol. The van der Waals surface area contributed by atoms with Gasteiger partial charge in [0.25, 0.3) is 0 Å². The van der Waals surface area contributed by atoms with Crippen molar-refractivity contribution >= 4 is 5.69 Å². The summed E-state index contributed by atoms with van der Waals surface area (Å²) in [5.74, 6) is 1.56. The average Bonchev–Trinajstić information content (AvgIpc) is 2.83. The standard InChI is InChI=1S/C13H16FN/c14-11-3-1-2-4-12(11)15-13-8-9-5-6-10(13)7-9/h1-4,9-10,13,15H,5-8H2/t9-,10+,13-/m0/s1.